The Labute approximate surface area is 144 Å². The van der Waals surface area contributed by atoms with Crippen LogP contribution in [0.5, 0.6) is 0 Å². The van der Waals surface area contributed by atoms with E-state index in [1.54, 1.807) is 0 Å². The average molecular weight is 342 g/mol. The van der Waals surface area contributed by atoms with Crippen molar-refractivity contribution in [3.8, 4) is 0 Å². The van der Waals surface area contributed by atoms with Gasteiger partial charge in [-0.3, -0.25) is 0 Å². The molecular weight excluding hydrogens is 312 g/mol. The van der Waals surface area contributed by atoms with Crippen molar-refractivity contribution >= 4 is 11.9 Å². The maximum Gasteiger partial charge on any atom is 0.338 e. The van der Waals surface area contributed by atoms with Crippen LogP contribution in [0.2, 0.25) is 0 Å². The molecule has 1 heterocycles. The first-order valence-corrected chi connectivity index (χ1v) is 9.31. The second kappa shape index (κ2) is 9.37. The predicted octanol–water partition coefficient (Wildman–Crippen LogP) is 3.12. The van der Waals surface area contributed by atoms with Crippen molar-refractivity contribution in [1.29, 1.82) is 0 Å². The van der Waals surface area contributed by atoms with E-state index in [-0.39, 0.29) is 0 Å². The lowest BCUT2D eigenvalue weighted by Crippen LogP contribution is -2.39. The Kier molecular flexibility index (Phi) is 7.49. The molecule has 0 unspecified atom stereocenters. The fraction of sp³-hybridized carbons (Fsp3) is 0.889. The van der Waals surface area contributed by atoms with E-state index in [0.717, 1.165) is 44.9 Å². The van der Waals surface area contributed by atoms with Crippen LogP contribution in [-0.2, 0) is 28.5 Å². The summed E-state index contributed by atoms with van der Waals surface area (Å²) in [5, 5.41) is 0. The molecule has 0 N–H and O–H groups in total. The highest BCUT2D eigenvalue weighted by atomic mass is 16.8. The van der Waals surface area contributed by atoms with Crippen molar-refractivity contribution in [1.82, 2.24) is 0 Å². The molecule has 6 heteroatoms. The van der Waals surface area contributed by atoms with Gasteiger partial charge in [0, 0.05) is 12.8 Å². The third-order valence-corrected chi connectivity index (χ3v) is 4.52. The molecule has 0 aromatic rings. The van der Waals surface area contributed by atoms with Crippen molar-refractivity contribution in [2.75, 3.05) is 13.2 Å². The maximum absolute atomic E-state index is 12.4. The maximum atomic E-state index is 12.4. The predicted molar refractivity (Wildman–Crippen MR) is 87.3 cm³/mol. The number of hydrogen-bond acceptors (Lipinski definition) is 6. The van der Waals surface area contributed by atoms with Gasteiger partial charge in [0.1, 0.15) is 0 Å². The largest absolute Gasteiger partial charge is 0.464 e. The summed E-state index contributed by atoms with van der Waals surface area (Å²) in [4.78, 5) is 24.7. The van der Waals surface area contributed by atoms with Crippen molar-refractivity contribution in [2.24, 2.45) is 0 Å². The lowest BCUT2D eigenvalue weighted by molar-refractivity contribution is -0.203. The normalized spacial score (nSPS) is 25.6. The van der Waals surface area contributed by atoms with Crippen LogP contribution in [0.25, 0.3) is 0 Å². The van der Waals surface area contributed by atoms with E-state index in [9.17, 15) is 9.59 Å². The van der Waals surface area contributed by atoms with Crippen LogP contribution in [-0.4, -0.2) is 43.1 Å². The highest BCUT2D eigenvalue weighted by molar-refractivity contribution is 5.86. The molecule has 2 rings (SSSR count). The van der Waals surface area contributed by atoms with E-state index in [4.69, 9.17) is 18.9 Å². The molecule has 2 atom stereocenters. The molecule has 24 heavy (non-hydrogen) atoms. The summed E-state index contributed by atoms with van der Waals surface area (Å²) < 4.78 is 22.4. The zero-order valence-corrected chi connectivity index (χ0v) is 14.9. The van der Waals surface area contributed by atoms with E-state index < -0.39 is 29.9 Å². The second-order valence-corrected chi connectivity index (χ2v) is 6.59. The van der Waals surface area contributed by atoms with E-state index >= 15 is 0 Å². The molecule has 1 saturated heterocycles. The molecule has 2 aliphatic rings. The second-order valence-electron chi connectivity index (χ2n) is 6.59. The third-order valence-electron chi connectivity index (χ3n) is 4.52. The summed E-state index contributed by atoms with van der Waals surface area (Å²) in [5.74, 6) is -1.88. The van der Waals surface area contributed by atoms with Gasteiger partial charge in [-0.25, -0.2) is 9.59 Å². The summed E-state index contributed by atoms with van der Waals surface area (Å²) in [5.41, 5.74) is 0. The first-order chi connectivity index (χ1) is 11.6. The van der Waals surface area contributed by atoms with Crippen molar-refractivity contribution < 1.29 is 28.5 Å². The number of ether oxygens (including phenoxy) is 4. The molecule has 1 aliphatic carbocycles. The lowest BCUT2D eigenvalue weighted by Gasteiger charge is -2.31. The highest BCUT2D eigenvalue weighted by Crippen LogP contribution is 2.41. The molecule has 2 fully saturated rings. The summed E-state index contributed by atoms with van der Waals surface area (Å²) in [6, 6.07) is 0. The molecule has 0 bridgehead atoms. The zero-order valence-electron chi connectivity index (χ0n) is 14.9. The van der Waals surface area contributed by atoms with Crippen molar-refractivity contribution in [3.05, 3.63) is 0 Å². The molecule has 0 aromatic carbocycles. The number of carbonyl (C=O) groups excluding carboxylic acids is 2. The molecule has 0 radical (unpaired) electrons. The van der Waals surface area contributed by atoms with E-state index in [2.05, 4.69) is 0 Å². The van der Waals surface area contributed by atoms with Gasteiger partial charge >= 0.3 is 11.9 Å². The van der Waals surface area contributed by atoms with Gasteiger partial charge in [0.05, 0.1) is 13.2 Å². The Balaban J connectivity index is 2.01. The molecule has 6 nitrogen and oxygen atoms in total. The van der Waals surface area contributed by atoms with Gasteiger partial charge in [0.15, 0.2) is 18.0 Å². The number of unbranched alkanes of at least 4 members (excludes halogenated alkanes) is 2. The summed E-state index contributed by atoms with van der Waals surface area (Å²) in [6.45, 7) is 4.71. The van der Waals surface area contributed by atoms with Crippen LogP contribution in [0.3, 0.4) is 0 Å². The Morgan fingerprint density at radius 3 is 1.75 bits per heavy atom. The molecule has 1 spiro atoms. The number of rotatable bonds is 8. The number of esters is 2. The number of hydrogen-bond donors (Lipinski definition) is 0. The fourth-order valence-electron chi connectivity index (χ4n) is 3.08. The number of carbonyl (C=O) groups is 2. The third kappa shape index (κ3) is 4.93. The minimum Gasteiger partial charge on any atom is -0.464 e. The average Bonchev–Trinajstić information content (AvgIpc) is 2.95. The first-order valence-electron chi connectivity index (χ1n) is 9.31. The quantitative estimate of drug-likeness (QED) is 0.498. The van der Waals surface area contributed by atoms with Gasteiger partial charge in [-0.1, -0.05) is 33.1 Å². The van der Waals surface area contributed by atoms with Crippen LogP contribution < -0.4 is 0 Å². The van der Waals surface area contributed by atoms with Gasteiger partial charge in [-0.05, 0) is 25.7 Å². The van der Waals surface area contributed by atoms with Crippen LogP contribution >= 0.6 is 0 Å². The van der Waals surface area contributed by atoms with Crippen LogP contribution in [0.15, 0.2) is 0 Å². The monoisotopic (exact) mass is 342 g/mol. The molecule has 1 aliphatic heterocycles. The van der Waals surface area contributed by atoms with Gasteiger partial charge in [-0.2, -0.15) is 0 Å². The van der Waals surface area contributed by atoms with Crippen LogP contribution in [0.4, 0.5) is 0 Å². The summed E-state index contributed by atoms with van der Waals surface area (Å²) in [7, 11) is 0. The van der Waals surface area contributed by atoms with Gasteiger partial charge in [0.25, 0.3) is 0 Å². The SMILES string of the molecule is CCCCOC(=O)[C@@H]1OC2(CCCCC2)O[C@H]1C(=O)OCCCC. The fourth-order valence-corrected chi connectivity index (χ4v) is 3.08. The molecule has 0 amide bonds. The van der Waals surface area contributed by atoms with E-state index in [1.165, 1.54) is 0 Å². The summed E-state index contributed by atoms with van der Waals surface area (Å²) in [6.07, 6.45) is 5.85. The molecular formula is C18H30O6. The Morgan fingerprint density at radius 2 is 1.33 bits per heavy atom. The van der Waals surface area contributed by atoms with Gasteiger partial charge < -0.3 is 18.9 Å². The van der Waals surface area contributed by atoms with E-state index in [1.807, 2.05) is 13.8 Å². The van der Waals surface area contributed by atoms with Gasteiger partial charge in [-0.15, -0.1) is 0 Å². The standard InChI is InChI=1S/C18H30O6/c1-3-5-12-21-16(19)14-15(17(20)22-13-6-4-2)24-18(23-14)10-8-7-9-11-18/h14-15H,3-13H2,1-2H3/t14-,15-/m1/s1. The minimum absolute atomic E-state index is 0.333. The molecule has 0 aromatic heterocycles. The zero-order chi connectivity index (χ0) is 17.4. The molecule has 138 valence electrons. The highest BCUT2D eigenvalue weighted by Gasteiger charge is 2.54. The Bertz CT molecular complexity index is 384. The smallest absolute Gasteiger partial charge is 0.338 e. The summed E-state index contributed by atoms with van der Waals surface area (Å²) >= 11 is 0. The topological polar surface area (TPSA) is 71.1 Å². The first kappa shape index (κ1) is 19.2. The Morgan fingerprint density at radius 1 is 0.875 bits per heavy atom. The van der Waals surface area contributed by atoms with E-state index in [0.29, 0.717) is 26.1 Å². The van der Waals surface area contributed by atoms with Crippen molar-refractivity contribution in [2.45, 2.75) is 89.6 Å². The van der Waals surface area contributed by atoms with Crippen LogP contribution in [0, 0.1) is 0 Å². The van der Waals surface area contributed by atoms with Crippen LogP contribution in [0.1, 0.15) is 71.6 Å². The lowest BCUT2D eigenvalue weighted by atomic mass is 9.94. The molecule has 1 saturated carbocycles. The van der Waals surface area contributed by atoms with Crippen molar-refractivity contribution in [3.63, 3.8) is 0 Å². The Hall–Kier alpha value is -1.14. The van der Waals surface area contributed by atoms with Gasteiger partial charge in [0.2, 0.25) is 0 Å². The minimum atomic E-state index is -1.02.